The number of carboxylic acids is 1. The van der Waals surface area contributed by atoms with Gasteiger partial charge < -0.3 is 10.0 Å². The highest BCUT2D eigenvalue weighted by Gasteiger charge is 2.18. The predicted molar refractivity (Wildman–Crippen MR) is 86.1 cm³/mol. The molecule has 0 unspecified atom stereocenters. The van der Waals surface area contributed by atoms with E-state index in [0.717, 1.165) is 16.3 Å². The van der Waals surface area contributed by atoms with E-state index in [1.807, 2.05) is 55.3 Å². The van der Waals surface area contributed by atoms with Gasteiger partial charge in [-0.3, -0.25) is 4.98 Å². The largest absolute Gasteiger partial charge is 0.478 e. The minimum atomic E-state index is -0.894. The zero-order valence-electron chi connectivity index (χ0n) is 12.1. The van der Waals surface area contributed by atoms with Crippen LogP contribution in [0.2, 0.25) is 0 Å². The molecule has 1 aromatic carbocycles. The first-order chi connectivity index (χ1) is 10.1. The fourth-order valence-electron chi connectivity index (χ4n) is 2.15. The summed E-state index contributed by atoms with van der Waals surface area (Å²) >= 11 is 1.54. The van der Waals surface area contributed by atoms with E-state index in [1.165, 1.54) is 0 Å². The molecule has 0 amide bonds. The highest BCUT2D eigenvalue weighted by molar-refractivity contribution is 7.99. The molecule has 0 radical (unpaired) electrons. The Balaban J connectivity index is 2.34. The molecule has 2 aromatic rings. The predicted octanol–water partition coefficient (Wildman–Crippen LogP) is 3.53. The number of aromatic carboxylic acids is 1. The van der Waals surface area contributed by atoms with E-state index in [2.05, 4.69) is 4.98 Å². The molecule has 0 aliphatic carbocycles. The topological polar surface area (TPSA) is 53.4 Å². The number of thioether (sulfide) groups is 1. The van der Waals surface area contributed by atoms with Gasteiger partial charge in [0.05, 0.1) is 23.5 Å². The van der Waals surface area contributed by atoms with Gasteiger partial charge in [-0.15, -0.1) is 11.8 Å². The lowest BCUT2D eigenvalue weighted by Crippen LogP contribution is -2.20. The summed E-state index contributed by atoms with van der Waals surface area (Å²) in [5.74, 6) is -0.0531. The number of hydrogen-bond donors (Lipinski definition) is 1. The molecule has 110 valence electrons. The number of hydrogen-bond acceptors (Lipinski definition) is 4. The van der Waals surface area contributed by atoms with Gasteiger partial charge in [0, 0.05) is 18.1 Å². The van der Waals surface area contributed by atoms with Gasteiger partial charge >= 0.3 is 5.97 Å². The lowest BCUT2D eigenvalue weighted by atomic mass is 10.1. The van der Waals surface area contributed by atoms with Crippen LogP contribution in [0.5, 0.6) is 0 Å². The van der Waals surface area contributed by atoms with Crippen LogP contribution < -0.4 is 4.90 Å². The van der Waals surface area contributed by atoms with Gasteiger partial charge in [0.2, 0.25) is 0 Å². The number of aromatic nitrogens is 1. The van der Waals surface area contributed by atoms with E-state index in [4.69, 9.17) is 0 Å². The molecule has 0 spiro atoms. The molecule has 0 aliphatic rings. The van der Waals surface area contributed by atoms with Crippen molar-refractivity contribution in [3.05, 3.63) is 53.9 Å². The average molecular weight is 302 g/mol. The Morgan fingerprint density at radius 1 is 1.29 bits per heavy atom. The molecule has 2 rings (SSSR count). The number of anilines is 1. The van der Waals surface area contributed by atoms with Gasteiger partial charge in [-0.1, -0.05) is 19.1 Å². The van der Waals surface area contributed by atoms with Crippen LogP contribution in [0.3, 0.4) is 0 Å². The van der Waals surface area contributed by atoms with Crippen LogP contribution in [0.15, 0.2) is 47.5 Å². The van der Waals surface area contributed by atoms with Crippen molar-refractivity contribution in [3.63, 3.8) is 0 Å². The zero-order valence-corrected chi connectivity index (χ0v) is 12.9. The summed E-state index contributed by atoms with van der Waals surface area (Å²) in [5, 5.41) is 9.53. The normalized spacial score (nSPS) is 10.4. The van der Waals surface area contributed by atoms with Crippen LogP contribution in [0.1, 0.15) is 23.0 Å². The Morgan fingerprint density at radius 3 is 2.71 bits per heavy atom. The summed E-state index contributed by atoms with van der Waals surface area (Å²) < 4.78 is 0. The van der Waals surface area contributed by atoms with E-state index >= 15 is 0 Å². The Hall–Kier alpha value is -2.01. The minimum Gasteiger partial charge on any atom is -0.478 e. The fourth-order valence-corrected chi connectivity index (χ4v) is 2.97. The Kier molecular flexibility index (Phi) is 5.22. The first kappa shape index (κ1) is 15.4. The number of nitrogens with zero attached hydrogens (tertiary/aromatic N) is 2. The van der Waals surface area contributed by atoms with Gasteiger partial charge in [-0.05, 0) is 30.0 Å². The van der Waals surface area contributed by atoms with Crippen LogP contribution in [0, 0.1) is 0 Å². The third-order valence-electron chi connectivity index (χ3n) is 3.05. The fraction of sp³-hybridized carbons (Fsp3) is 0.250. The second-order valence-electron chi connectivity index (χ2n) is 4.57. The Morgan fingerprint density at radius 2 is 2.10 bits per heavy atom. The summed E-state index contributed by atoms with van der Waals surface area (Å²) in [6.07, 6.45) is 1.74. The second kappa shape index (κ2) is 7.13. The quantitative estimate of drug-likeness (QED) is 0.827. The third-order valence-corrected chi connectivity index (χ3v) is 3.99. The van der Waals surface area contributed by atoms with Gasteiger partial charge in [-0.25, -0.2) is 4.79 Å². The standard InChI is InChI=1S/C16H18N2O2S/c1-3-21-14-9-6-8-13(15(14)16(19)20)18(2)11-12-7-4-5-10-17-12/h4-10H,3,11H2,1-2H3,(H,19,20). The van der Waals surface area contributed by atoms with Crippen LogP contribution in [-0.4, -0.2) is 28.9 Å². The lowest BCUT2D eigenvalue weighted by Gasteiger charge is -2.22. The Bertz CT molecular complexity index is 617. The van der Waals surface area contributed by atoms with E-state index in [9.17, 15) is 9.90 Å². The summed E-state index contributed by atoms with van der Waals surface area (Å²) in [6.45, 7) is 2.59. The van der Waals surface area contributed by atoms with Crippen LogP contribution in [-0.2, 0) is 6.54 Å². The van der Waals surface area contributed by atoms with E-state index in [1.54, 1.807) is 18.0 Å². The summed E-state index contributed by atoms with van der Waals surface area (Å²) in [4.78, 5) is 18.6. The number of carboxylic acid groups (broad SMARTS) is 1. The highest BCUT2D eigenvalue weighted by Crippen LogP contribution is 2.31. The molecule has 1 heterocycles. The summed E-state index contributed by atoms with van der Waals surface area (Å²) in [5.41, 5.74) is 1.99. The molecule has 1 N–H and O–H groups in total. The van der Waals surface area contributed by atoms with Crippen molar-refractivity contribution in [1.29, 1.82) is 0 Å². The summed E-state index contributed by atoms with van der Waals surface area (Å²) in [7, 11) is 1.89. The number of pyridine rings is 1. The number of rotatable bonds is 6. The van der Waals surface area contributed by atoms with Gasteiger partial charge in [0.1, 0.15) is 0 Å². The molecule has 0 aliphatic heterocycles. The minimum absolute atomic E-state index is 0.364. The van der Waals surface area contributed by atoms with Crippen LogP contribution in [0.4, 0.5) is 5.69 Å². The van der Waals surface area contributed by atoms with Crippen molar-refractivity contribution in [1.82, 2.24) is 4.98 Å². The average Bonchev–Trinajstić information content (AvgIpc) is 2.48. The van der Waals surface area contributed by atoms with Crippen LogP contribution >= 0.6 is 11.8 Å². The SMILES string of the molecule is CCSc1cccc(N(C)Cc2ccccn2)c1C(=O)O. The molecule has 5 heteroatoms. The van der Waals surface area contributed by atoms with Crippen molar-refractivity contribution < 1.29 is 9.90 Å². The molecular formula is C16H18N2O2S. The first-order valence-corrected chi connectivity index (χ1v) is 7.72. The monoisotopic (exact) mass is 302 g/mol. The molecule has 0 bridgehead atoms. The van der Waals surface area contributed by atoms with Gasteiger partial charge in [0.25, 0.3) is 0 Å². The highest BCUT2D eigenvalue weighted by atomic mass is 32.2. The lowest BCUT2D eigenvalue weighted by molar-refractivity contribution is 0.0694. The van der Waals surface area contributed by atoms with Gasteiger partial charge in [0.15, 0.2) is 0 Å². The van der Waals surface area contributed by atoms with Crippen molar-refractivity contribution in [3.8, 4) is 0 Å². The molecule has 21 heavy (non-hydrogen) atoms. The molecule has 0 saturated carbocycles. The molecule has 1 aromatic heterocycles. The van der Waals surface area contributed by atoms with E-state index in [-0.39, 0.29) is 0 Å². The van der Waals surface area contributed by atoms with Crippen molar-refractivity contribution >= 4 is 23.4 Å². The summed E-state index contributed by atoms with van der Waals surface area (Å²) in [6, 6.07) is 11.3. The number of carbonyl (C=O) groups is 1. The molecule has 0 saturated heterocycles. The van der Waals surface area contributed by atoms with Crippen molar-refractivity contribution in [2.45, 2.75) is 18.4 Å². The number of benzene rings is 1. The van der Waals surface area contributed by atoms with Crippen LogP contribution in [0.25, 0.3) is 0 Å². The maximum atomic E-state index is 11.6. The molecule has 0 fully saturated rings. The zero-order chi connectivity index (χ0) is 15.2. The first-order valence-electron chi connectivity index (χ1n) is 6.73. The molecule has 0 atom stereocenters. The smallest absolute Gasteiger partial charge is 0.338 e. The Labute approximate surface area is 128 Å². The van der Waals surface area contributed by atoms with E-state index < -0.39 is 5.97 Å². The third kappa shape index (κ3) is 3.76. The van der Waals surface area contributed by atoms with Crippen molar-refractivity contribution in [2.75, 3.05) is 17.7 Å². The maximum Gasteiger partial charge on any atom is 0.338 e. The second-order valence-corrected chi connectivity index (χ2v) is 5.87. The van der Waals surface area contributed by atoms with Crippen molar-refractivity contribution in [2.24, 2.45) is 0 Å². The molecule has 4 nitrogen and oxygen atoms in total. The molecular weight excluding hydrogens is 284 g/mol. The van der Waals surface area contributed by atoms with E-state index in [0.29, 0.717) is 17.8 Å². The maximum absolute atomic E-state index is 11.6. The van der Waals surface area contributed by atoms with Gasteiger partial charge in [-0.2, -0.15) is 0 Å².